The van der Waals surface area contributed by atoms with Crippen molar-refractivity contribution in [2.24, 2.45) is 11.8 Å². The van der Waals surface area contributed by atoms with Gasteiger partial charge >= 0.3 is 0 Å². The number of aliphatic hydroxyl groups is 1. The van der Waals surface area contributed by atoms with Crippen molar-refractivity contribution in [1.29, 1.82) is 0 Å². The maximum absolute atomic E-state index is 10.6. The van der Waals surface area contributed by atoms with Gasteiger partial charge in [0.2, 0.25) is 0 Å². The standard InChI is InChI=1S/C25H29OP.C9H10.C8H10O.C7H7OP/c1-5-11-21(12-6-2)18(4)15-19-16-20(7-3)24-23(17-19)26-25(27-24)22-13-9-8-10-14-22;1-8(2)9-6-4-3-5-7-9;1-4-6-8(5-2)7(3)9;8-7(9)6-4-2-1-3-5-6/h5-14,19-20,23-24H,1,3-4,15-17H2,2H3;3-7H,1H2,2H3;4-6,9H,1-3H2;1-5H,9H2/b12-6-,21-11+;;8-6+;. The third kappa shape index (κ3) is 15.6. The van der Waals surface area contributed by atoms with E-state index in [-0.39, 0.29) is 17.4 Å². The summed E-state index contributed by atoms with van der Waals surface area (Å²) in [6.07, 6.45) is 18.5. The summed E-state index contributed by atoms with van der Waals surface area (Å²) in [6.45, 7) is 30.4. The minimum Gasteiger partial charge on any atom is -0.508 e. The first-order chi connectivity index (χ1) is 26.0. The first kappa shape index (κ1) is 45.2. The van der Waals surface area contributed by atoms with Gasteiger partial charge in [0.1, 0.15) is 11.2 Å². The minimum atomic E-state index is 0.0184. The van der Waals surface area contributed by atoms with Crippen molar-refractivity contribution in [3.8, 4) is 0 Å². The Kier molecular flexibility index (Phi) is 21.1. The van der Waals surface area contributed by atoms with E-state index in [1.54, 1.807) is 24.3 Å². The van der Waals surface area contributed by atoms with E-state index >= 15 is 0 Å². The summed E-state index contributed by atoms with van der Waals surface area (Å²) in [5.74, 6) is 1.09. The average molecular weight is 755 g/mol. The highest BCUT2D eigenvalue weighted by molar-refractivity contribution is 7.42. The molecule has 0 radical (unpaired) electrons. The number of hydrogen-bond donors (Lipinski definition) is 1. The minimum absolute atomic E-state index is 0.0184. The van der Waals surface area contributed by atoms with E-state index in [4.69, 9.17) is 9.84 Å². The summed E-state index contributed by atoms with van der Waals surface area (Å²) in [5.41, 5.74) is 8.94. The molecule has 1 heterocycles. The van der Waals surface area contributed by atoms with Crippen LogP contribution in [0.1, 0.15) is 54.6 Å². The molecule has 1 aliphatic heterocycles. The van der Waals surface area contributed by atoms with Gasteiger partial charge in [0.15, 0.2) is 5.52 Å². The van der Waals surface area contributed by atoms with Crippen molar-refractivity contribution < 1.29 is 14.6 Å². The Bertz CT molecular complexity index is 1800. The van der Waals surface area contributed by atoms with Crippen LogP contribution in [0.15, 0.2) is 208 Å². The predicted octanol–water partition coefficient (Wildman–Crippen LogP) is 13.5. The molecule has 3 nitrogen and oxygen atoms in total. The van der Waals surface area contributed by atoms with Gasteiger partial charge in [-0.3, -0.25) is 4.79 Å². The number of benzene rings is 3. The fraction of sp³-hybridized carbons (Fsp3) is 0.184. The molecule has 1 saturated carbocycles. The molecule has 0 spiro atoms. The van der Waals surface area contributed by atoms with Crippen LogP contribution in [0.4, 0.5) is 0 Å². The zero-order valence-electron chi connectivity index (χ0n) is 31.9. The molecule has 54 heavy (non-hydrogen) atoms. The molecule has 0 aromatic heterocycles. The van der Waals surface area contributed by atoms with E-state index < -0.39 is 0 Å². The van der Waals surface area contributed by atoms with Crippen LogP contribution in [0.5, 0.6) is 0 Å². The Hall–Kier alpha value is -4.91. The Morgan fingerprint density at radius 3 is 1.78 bits per heavy atom. The SMILES string of the molecule is C=C(C)c1ccccc1.C=C/C=C(\C=C)C(=C)O.C=C/C=C(\C=C/C)C(=C)CC1CC(C=C)C2P=C(c3ccccc3)OC2C1.O=C(P)c1ccccc1. The van der Waals surface area contributed by atoms with Gasteiger partial charge in [-0.25, -0.2) is 0 Å². The molecule has 5 rings (SSSR count). The van der Waals surface area contributed by atoms with E-state index in [2.05, 4.69) is 116 Å². The van der Waals surface area contributed by atoms with Crippen LogP contribution in [0.2, 0.25) is 0 Å². The zero-order chi connectivity index (χ0) is 39.9. The maximum Gasteiger partial charge on any atom is 0.178 e. The fourth-order valence-corrected chi connectivity index (χ4v) is 7.64. The van der Waals surface area contributed by atoms with Crippen LogP contribution in [-0.2, 0) is 4.74 Å². The molecule has 5 heteroatoms. The number of ether oxygens (including phenoxy) is 1. The quantitative estimate of drug-likeness (QED) is 0.0867. The molecule has 0 bridgehead atoms. The molecule has 5 unspecified atom stereocenters. The number of rotatable bonds is 12. The number of allylic oxidation sites excluding steroid dienone is 11. The van der Waals surface area contributed by atoms with Gasteiger partial charge in [0, 0.05) is 22.4 Å². The Morgan fingerprint density at radius 2 is 1.37 bits per heavy atom. The smallest absolute Gasteiger partial charge is 0.178 e. The lowest BCUT2D eigenvalue weighted by Gasteiger charge is -2.36. The summed E-state index contributed by atoms with van der Waals surface area (Å²) in [6, 6.07) is 29.8. The lowest BCUT2D eigenvalue weighted by Crippen LogP contribution is -2.36. The second-order valence-electron chi connectivity index (χ2n) is 12.7. The van der Waals surface area contributed by atoms with Crippen LogP contribution in [-0.4, -0.2) is 27.9 Å². The predicted molar refractivity (Wildman–Crippen MR) is 241 cm³/mol. The molecule has 280 valence electrons. The van der Waals surface area contributed by atoms with Gasteiger partial charge < -0.3 is 9.84 Å². The lowest BCUT2D eigenvalue weighted by molar-refractivity contribution is 0.108. The first-order valence-electron chi connectivity index (χ1n) is 17.9. The third-order valence-corrected chi connectivity index (χ3v) is 10.6. The Labute approximate surface area is 329 Å². The van der Waals surface area contributed by atoms with Crippen molar-refractivity contribution in [3.05, 3.63) is 225 Å². The molecule has 1 fully saturated rings. The van der Waals surface area contributed by atoms with E-state index in [0.717, 1.165) is 29.5 Å². The highest BCUT2D eigenvalue weighted by Crippen LogP contribution is 2.46. The highest BCUT2D eigenvalue weighted by atomic mass is 31.1. The van der Waals surface area contributed by atoms with Crippen molar-refractivity contribution >= 4 is 34.0 Å². The van der Waals surface area contributed by atoms with Crippen molar-refractivity contribution in [2.75, 3.05) is 0 Å². The molecular weight excluding hydrogens is 698 g/mol. The van der Waals surface area contributed by atoms with Crippen LogP contribution < -0.4 is 0 Å². The largest absolute Gasteiger partial charge is 0.508 e. The first-order valence-corrected chi connectivity index (χ1v) is 19.5. The molecule has 2 aliphatic rings. The summed E-state index contributed by atoms with van der Waals surface area (Å²) in [5, 5.41) is 8.76. The number of aliphatic hydroxyl groups excluding tert-OH is 1. The van der Waals surface area contributed by atoms with Crippen LogP contribution >= 0.6 is 17.4 Å². The normalized spacial score (nSPS) is 19.0. The van der Waals surface area contributed by atoms with Crippen LogP contribution in [0.3, 0.4) is 0 Å². The highest BCUT2D eigenvalue weighted by Gasteiger charge is 2.41. The van der Waals surface area contributed by atoms with Gasteiger partial charge in [0.05, 0.1) is 6.10 Å². The van der Waals surface area contributed by atoms with Gasteiger partial charge in [-0.1, -0.05) is 202 Å². The van der Waals surface area contributed by atoms with Crippen molar-refractivity contribution in [2.45, 2.75) is 44.9 Å². The summed E-state index contributed by atoms with van der Waals surface area (Å²) >= 11 is 0. The lowest BCUT2D eigenvalue weighted by atomic mass is 9.76. The number of fused-ring (bicyclic) bond motifs is 1. The molecule has 3 aromatic carbocycles. The van der Waals surface area contributed by atoms with Crippen molar-refractivity contribution in [3.63, 3.8) is 0 Å². The van der Waals surface area contributed by atoms with Crippen molar-refractivity contribution in [1.82, 2.24) is 0 Å². The topological polar surface area (TPSA) is 46.5 Å². The molecule has 5 atom stereocenters. The average Bonchev–Trinajstić information content (AvgIpc) is 3.62. The van der Waals surface area contributed by atoms with Gasteiger partial charge in [-0.15, -0.1) is 6.58 Å². The molecule has 1 N–H and O–H groups in total. The van der Waals surface area contributed by atoms with E-state index in [9.17, 15) is 4.79 Å². The summed E-state index contributed by atoms with van der Waals surface area (Å²) in [7, 11) is 3.45. The Morgan fingerprint density at radius 1 is 0.833 bits per heavy atom. The fourth-order valence-electron chi connectivity index (χ4n) is 5.89. The van der Waals surface area contributed by atoms with Gasteiger partial charge in [-0.05, 0) is 61.7 Å². The molecule has 0 saturated heterocycles. The molecular formula is C49H56O3P2. The van der Waals surface area contributed by atoms with E-state index in [1.165, 1.54) is 43.0 Å². The maximum atomic E-state index is 10.6. The zero-order valence-corrected chi connectivity index (χ0v) is 34.0. The second-order valence-corrected chi connectivity index (χ2v) is 14.5. The number of carbonyl (C=O) groups is 1. The molecule has 0 amide bonds. The second kappa shape index (κ2) is 25.2. The number of hydrogen-bond acceptors (Lipinski definition) is 3. The monoisotopic (exact) mass is 754 g/mol. The molecule has 3 aromatic rings. The Balaban J connectivity index is 0.000000303. The van der Waals surface area contributed by atoms with Crippen LogP contribution in [0.25, 0.3) is 5.57 Å². The van der Waals surface area contributed by atoms with E-state index in [0.29, 0.717) is 23.1 Å². The van der Waals surface area contributed by atoms with Gasteiger partial charge in [-0.2, -0.15) is 0 Å². The summed E-state index contributed by atoms with van der Waals surface area (Å²) < 4.78 is 6.43. The van der Waals surface area contributed by atoms with Crippen LogP contribution in [0, 0.1) is 11.8 Å². The summed E-state index contributed by atoms with van der Waals surface area (Å²) in [4.78, 5) is 10.6. The van der Waals surface area contributed by atoms with E-state index in [1.807, 2.05) is 62.4 Å². The van der Waals surface area contributed by atoms with Gasteiger partial charge in [0.25, 0.3) is 0 Å². The third-order valence-electron chi connectivity index (χ3n) is 8.61. The molecule has 1 aliphatic carbocycles. The number of carbonyl (C=O) groups excluding carboxylic acids is 1.